The molecule has 2 aromatic rings. The zero-order chi connectivity index (χ0) is 13.3. The van der Waals surface area contributed by atoms with Gasteiger partial charge in [-0.1, -0.05) is 5.21 Å². The summed E-state index contributed by atoms with van der Waals surface area (Å²) in [5, 5.41) is 7.92. The maximum absolute atomic E-state index is 5.91. The lowest BCUT2D eigenvalue weighted by atomic mass is 10.0. The van der Waals surface area contributed by atoms with Crippen LogP contribution >= 0.6 is 0 Å². The van der Waals surface area contributed by atoms with Crippen molar-refractivity contribution in [3.63, 3.8) is 0 Å². The van der Waals surface area contributed by atoms with Crippen LogP contribution in [-0.2, 0) is 12.1 Å². The number of rotatable bonds is 3. The van der Waals surface area contributed by atoms with Crippen molar-refractivity contribution in [1.29, 1.82) is 0 Å². The molecule has 0 saturated heterocycles. The molecular formula is C9H15N9. The number of aromatic nitrogens is 6. The van der Waals surface area contributed by atoms with E-state index in [0.717, 1.165) is 0 Å². The topological polar surface area (TPSA) is 147 Å². The van der Waals surface area contributed by atoms with Crippen LogP contribution in [0.25, 0.3) is 0 Å². The molecule has 18 heavy (non-hydrogen) atoms. The number of nitrogens with zero attached hydrogens (tertiary/aromatic N) is 6. The predicted octanol–water partition coefficient (Wildman–Crippen LogP) is -1.13. The van der Waals surface area contributed by atoms with Crippen LogP contribution in [0.5, 0.6) is 0 Å². The van der Waals surface area contributed by atoms with Gasteiger partial charge in [0.2, 0.25) is 11.9 Å². The molecule has 2 heterocycles. The molecule has 0 aliphatic heterocycles. The van der Waals surface area contributed by atoms with Gasteiger partial charge in [-0.05, 0) is 13.8 Å². The lowest BCUT2D eigenvalue weighted by Crippen LogP contribution is -2.29. The van der Waals surface area contributed by atoms with E-state index in [2.05, 4.69) is 25.3 Å². The molecule has 2 rings (SSSR count). The lowest BCUT2D eigenvalue weighted by Gasteiger charge is -2.13. The zero-order valence-electron chi connectivity index (χ0n) is 10.2. The molecule has 0 unspecified atom stereocenters. The van der Waals surface area contributed by atoms with Crippen molar-refractivity contribution in [2.75, 3.05) is 11.5 Å². The summed E-state index contributed by atoms with van der Waals surface area (Å²) < 4.78 is 1.57. The van der Waals surface area contributed by atoms with Gasteiger partial charge in [0.15, 0.2) is 5.82 Å². The van der Waals surface area contributed by atoms with Crippen molar-refractivity contribution in [3.05, 3.63) is 17.7 Å². The molecule has 0 saturated carbocycles. The van der Waals surface area contributed by atoms with Crippen molar-refractivity contribution in [2.45, 2.75) is 25.9 Å². The van der Waals surface area contributed by atoms with Gasteiger partial charge in [-0.3, -0.25) is 0 Å². The van der Waals surface area contributed by atoms with E-state index in [1.165, 1.54) is 0 Å². The van der Waals surface area contributed by atoms with Crippen LogP contribution in [0.15, 0.2) is 6.20 Å². The Morgan fingerprint density at radius 1 is 1.17 bits per heavy atom. The molecule has 0 bridgehead atoms. The van der Waals surface area contributed by atoms with Gasteiger partial charge in [-0.2, -0.15) is 15.0 Å². The van der Waals surface area contributed by atoms with Gasteiger partial charge in [-0.25, -0.2) is 4.68 Å². The summed E-state index contributed by atoms with van der Waals surface area (Å²) in [6.07, 6.45) is 1.73. The fourth-order valence-electron chi connectivity index (χ4n) is 1.34. The van der Waals surface area contributed by atoms with Gasteiger partial charge in [0.25, 0.3) is 0 Å². The molecule has 0 amide bonds. The van der Waals surface area contributed by atoms with Crippen molar-refractivity contribution < 1.29 is 0 Å². The van der Waals surface area contributed by atoms with Crippen LogP contribution in [0.2, 0.25) is 0 Å². The fourth-order valence-corrected chi connectivity index (χ4v) is 1.34. The minimum absolute atomic E-state index is 0.0805. The molecular weight excluding hydrogens is 234 g/mol. The maximum atomic E-state index is 5.91. The summed E-state index contributed by atoms with van der Waals surface area (Å²) in [6.45, 7) is 4.00. The first-order chi connectivity index (χ1) is 8.34. The van der Waals surface area contributed by atoms with Gasteiger partial charge in [0.05, 0.1) is 11.7 Å². The molecule has 6 N–H and O–H groups in total. The molecule has 0 atom stereocenters. The lowest BCUT2D eigenvalue weighted by molar-refractivity contribution is 0.533. The summed E-state index contributed by atoms with van der Waals surface area (Å²) in [5.41, 5.74) is 17.0. The van der Waals surface area contributed by atoms with E-state index in [-0.39, 0.29) is 11.9 Å². The molecule has 9 heteroatoms. The van der Waals surface area contributed by atoms with Gasteiger partial charge in [-0.15, -0.1) is 5.10 Å². The van der Waals surface area contributed by atoms with Crippen LogP contribution in [-0.4, -0.2) is 29.9 Å². The first-order valence-electron chi connectivity index (χ1n) is 5.30. The van der Waals surface area contributed by atoms with Crippen LogP contribution in [0.4, 0.5) is 11.9 Å². The molecule has 0 aliphatic carbocycles. The Bertz CT molecular complexity index is 533. The first-order valence-corrected chi connectivity index (χ1v) is 5.30. The third kappa shape index (κ3) is 2.69. The normalized spacial score (nSPS) is 11.7. The van der Waals surface area contributed by atoms with Gasteiger partial charge in [0.1, 0.15) is 12.2 Å². The van der Waals surface area contributed by atoms with Crippen molar-refractivity contribution in [3.8, 4) is 0 Å². The molecule has 0 spiro atoms. The molecule has 9 nitrogen and oxygen atoms in total. The highest BCUT2D eigenvalue weighted by molar-refractivity contribution is 5.25. The van der Waals surface area contributed by atoms with Crippen LogP contribution in [0.1, 0.15) is 25.4 Å². The highest BCUT2D eigenvalue weighted by Gasteiger charge is 2.18. The van der Waals surface area contributed by atoms with Crippen molar-refractivity contribution in [2.24, 2.45) is 5.73 Å². The molecule has 0 fully saturated rings. The summed E-state index contributed by atoms with van der Waals surface area (Å²) in [5.74, 6) is 0.584. The van der Waals surface area contributed by atoms with Gasteiger partial charge in [0, 0.05) is 0 Å². The van der Waals surface area contributed by atoms with E-state index in [9.17, 15) is 0 Å². The Hall–Kier alpha value is -2.29. The fraction of sp³-hybridized carbons (Fsp3) is 0.444. The maximum Gasteiger partial charge on any atom is 0.225 e. The van der Waals surface area contributed by atoms with Crippen LogP contribution < -0.4 is 17.2 Å². The Labute approximate surface area is 103 Å². The quantitative estimate of drug-likeness (QED) is 0.618. The third-order valence-corrected chi connectivity index (χ3v) is 2.22. The van der Waals surface area contributed by atoms with Crippen LogP contribution in [0, 0.1) is 0 Å². The predicted molar refractivity (Wildman–Crippen MR) is 65.0 cm³/mol. The zero-order valence-corrected chi connectivity index (χ0v) is 10.2. The smallest absolute Gasteiger partial charge is 0.225 e. The molecule has 0 radical (unpaired) electrons. The van der Waals surface area contributed by atoms with E-state index in [1.54, 1.807) is 10.9 Å². The first kappa shape index (κ1) is 12.2. The Morgan fingerprint density at radius 3 is 2.28 bits per heavy atom. The van der Waals surface area contributed by atoms with E-state index in [1.807, 2.05) is 13.8 Å². The number of hydrogen-bond donors (Lipinski definition) is 3. The number of hydrogen-bond acceptors (Lipinski definition) is 8. The molecule has 0 aromatic carbocycles. The summed E-state index contributed by atoms with van der Waals surface area (Å²) in [7, 11) is 0. The summed E-state index contributed by atoms with van der Waals surface area (Å²) >= 11 is 0. The second-order valence-electron chi connectivity index (χ2n) is 4.49. The minimum atomic E-state index is -0.546. The largest absolute Gasteiger partial charge is 0.368 e. The highest BCUT2D eigenvalue weighted by Crippen LogP contribution is 2.12. The molecule has 96 valence electrons. The Balaban J connectivity index is 2.21. The molecule has 0 aliphatic rings. The number of anilines is 2. The average molecular weight is 249 g/mol. The van der Waals surface area contributed by atoms with E-state index in [4.69, 9.17) is 17.2 Å². The summed E-state index contributed by atoms with van der Waals surface area (Å²) in [4.78, 5) is 11.6. The van der Waals surface area contributed by atoms with Crippen molar-refractivity contribution in [1.82, 2.24) is 29.9 Å². The van der Waals surface area contributed by atoms with Crippen LogP contribution in [0.3, 0.4) is 0 Å². The average Bonchev–Trinajstić information content (AvgIpc) is 2.63. The minimum Gasteiger partial charge on any atom is -0.368 e. The van der Waals surface area contributed by atoms with E-state index >= 15 is 0 Å². The Kier molecular flexibility index (Phi) is 2.83. The monoisotopic (exact) mass is 249 g/mol. The highest BCUT2D eigenvalue weighted by atomic mass is 15.4. The van der Waals surface area contributed by atoms with Gasteiger partial charge >= 0.3 is 0 Å². The third-order valence-electron chi connectivity index (χ3n) is 2.22. The second kappa shape index (κ2) is 4.18. The SMILES string of the molecule is CC(C)(N)c1cn(Cc2nc(N)nc(N)n2)nn1. The second-order valence-corrected chi connectivity index (χ2v) is 4.49. The van der Waals surface area contributed by atoms with Gasteiger partial charge < -0.3 is 17.2 Å². The summed E-state index contributed by atoms with van der Waals surface area (Å²) in [6, 6.07) is 0. The van der Waals surface area contributed by atoms with Crippen molar-refractivity contribution >= 4 is 11.9 Å². The van der Waals surface area contributed by atoms with E-state index < -0.39 is 5.54 Å². The number of nitrogen functional groups attached to an aromatic ring is 2. The standard InChI is InChI=1S/C9H15N9/c1-9(2,12)5-3-18(17-16-5)4-6-13-7(10)15-8(11)14-6/h3H,4,12H2,1-2H3,(H4,10,11,13,14,15). The molecule has 2 aromatic heterocycles. The Morgan fingerprint density at radius 2 is 1.78 bits per heavy atom. The van der Waals surface area contributed by atoms with E-state index in [0.29, 0.717) is 18.1 Å². The number of nitrogens with two attached hydrogens (primary N) is 3.